The van der Waals surface area contributed by atoms with Crippen molar-refractivity contribution in [3.8, 4) is 6.07 Å². The highest BCUT2D eigenvalue weighted by Crippen LogP contribution is 2.27. The Morgan fingerprint density at radius 3 is 2.33 bits per heavy atom. The van der Waals surface area contributed by atoms with Crippen LogP contribution >= 0.6 is 12.4 Å². The Hall–Kier alpha value is -1.45. The number of piperazine rings is 1. The molecule has 0 spiro atoms. The van der Waals surface area contributed by atoms with Crippen LogP contribution in [0.2, 0.25) is 0 Å². The van der Waals surface area contributed by atoms with Crippen LogP contribution in [0, 0.1) is 28.8 Å². The summed E-state index contributed by atoms with van der Waals surface area (Å²) >= 11 is 0. The lowest BCUT2D eigenvalue weighted by Crippen LogP contribution is -2.44. The predicted molar refractivity (Wildman–Crippen MR) is 63.4 cm³/mol. The fourth-order valence-electron chi connectivity index (χ4n) is 1.84. The average molecular weight is 278 g/mol. The Kier molecular flexibility index (Phi) is 4.82. The van der Waals surface area contributed by atoms with Gasteiger partial charge in [-0.3, -0.25) is 0 Å². The van der Waals surface area contributed by atoms with Gasteiger partial charge in [-0.15, -0.1) is 12.4 Å². The van der Waals surface area contributed by atoms with E-state index in [-0.39, 0.29) is 18.1 Å². The van der Waals surface area contributed by atoms with Crippen molar-refractivity contribution in [2.24, 2.45) is 0 Å². The number of hydrogen-bond donors (Lipinski definition) is 1. The molecule has 1 N–H and O–H groups in total. The quantitative estimate of drug-likeness (QED) is 0.796. The standard InChI is InChI=1S/C11H10F3N3.ClH/c12-8-5-9(17-3-1-16-2-4-17)7(6-15)10(13)11(8)14;/h5,16H,1-4H2;1H. The highest BCUT2D eigenvalue weighted by atomic mass is 35.5. The third kappa shape index (κ3) is 2.52. The van der Waals surface area contributed by atoms with Gasteiger partial charge in [0, 0.05) is 32.2 Å². The summed E-state index contributed by atoms with van der Waals surface area (Å²) < 4.78 is 39.5. The summed E-state index contributed by atoms with van der Waals surface area (Å²) in [6.45, 7) is 2.37. The molecule has 0 unspecified atom stereocenters. The topological polar surface area (TPSA) is 39.1 Å². The smallest absolute Gasteiger partial charge is 0.195 e. The maximum absolute atomic E-state index is 13.4. The van der Waals surface area contributed by atoms with Crippen LogP contribution in [-0.4, -0.2) is 26.2 Å². The van der Waals surface area contributed by atoms with Gasteiger partial charge in [0.25, 0.3) is 0 Å². The molecule has 1 heterocycles. The molecule has 0 amide bonds. The van der Waals surface area contributed by atoms with Gasteiger partial charge in [0.15, 0.2) is 17.5 Å². The first-order valence-corrected chi connectivity index (χ1v) is 5.18. The predicted octanol–water partition coefficient (Wildman–Crippen LogP) is 1.81. The van der Waals surface area contributed by atoms with Crippen LogP contribution in [0.3, 0.4) is 0 Å². The van der Waals surface area contributed by atoms with Gasteiger partial charge in [0.1, 0.15) is 11.6 Å². The molecule has 0 saturated carbocycles. The molecule has 1 aromatic carbocycles. The molecule has 2 rings (SSSR count). The number of rotatable bonds is 1. The molecule has 1 aliphatic heterocycles. The molecule has 0 aromatic heterocycles. The summed E-state index contributed by atoms with van der Waals surface area (Å²) in [4.78, 5) is 1.67. The number of halogens is 4. The highest BCUT2D eigenvalue weighted by molar-refractivity contribution is 5.85. The van der Waals surface area contributed by atoms with Crippen LogP contribution in [0.4, 0.5) is 18.9 Å². The fraction of sp³-hybridized carbons (Fsp3) is 0.364. The summed E-state index contributed by atoms with van der Waals surface area (Å²) in [5.74, 6) is -4.28. The van der Waals surface area contributed by atoms with Crippen molar-refractivity contribution in [1.82, 2.24) is 5.32 Å². The van der Waals surface area contributed by atoms with E-state index >= 15 is 0 Å². The van der Waals surface area contributed by atoms with Gasteiger partial charge in [-0.2, -0.15) is 5.26 Å². The van der Waals surface area contributed by atoms with Crippen molar-refractivity contribution in [3.63, 3.8) is 0 Å². The van der Waals surface area contributed by atoms with Crippen molar-refractivity contribution < 1.29 is 13.2 Å². The van der Waals surface area contributed by atoms with Gasteiger partial charge < -0.3 is 10.2 Å². The first-order valence-electron chi connectivity index (χ1n) is 5.18. The van der Waals surface area contributed by atoms with Gasteiger partial charge in [0.05, 0.1) is 5.69 Å². The van der Waals surface area contributed by atoms with E-state index in [1.807, 2.05) is 0 Å². The van der Waals surface area contributed by atoms with E-state index in [2.05, 4.69) is 5.32 Å². The largest absolute Gasteiger partial charge is 0.368 e. The third-order valence-corrected chi connectivity index (χ3v) is 2.71. The van der Waals surface area contributed by atoms with E-state index in [0.29, 0.717) is 26.2 Å². The Bertz CT molecular complexity index is 481. The molecule has 1 aromatic rings. The van der Waals surface area contributed by atoms with E-state index in [0.717, 1.165) is 6.07 Å². The van der Waals surface area contributed by atoms with E-state index < -0.39 is 23.0 Å². The number of nitrogens with one attached hydrogen (secondary N) is 1. The Labute approximate surface area is 109 Å². The summed E-state index contributed by atoms with van der Waals surface area (Å²) in [5, 5.41) is 11.9. The molecule has 0 radical (unpaired) electrons. The first kappa shape index (κ1) is 14.6. The minimum atomic E-state index is -1.60. The highest BCUT2D eigenvalue weighted by Gasteiger charge is 2.22. The second-order valence-corrected chi connectivity index (χ2v) is 3.73. The number of hydrogen-bond acceptors (Lipinski definition) is 3. The Balaban J connectivity index is 0.00000162. The van der Waals surface area contributed by atoms with Crippen molar-refractivity contribution >= 4 is 18.1 Å². The average Bonchev–Trinajstić information content (AvgIpc) is 2.36. The minimum absolute atomic E-state index is 0. The summed E-state index contributed by atoms with van der Waals surface area (Å²) in [5.41, 5.74) is -0.323. The molecule has 0 aliphatic carbocycles. The van der Waals surface area contributed by atoms with Crippen LogP contribution in [-0.2, 0) is 0 Å². The summed E-state index contributed by atoms with van der Waals surface area (Å²) in [7, 11) is 0. The van der Waals surface area contributed by atoms with E-state index in [4.69, 9.17) is 5.26 Å². The lowest BCUT2D eigenvalue weighted by Gasteiger charge is -2.30. The first-order chi connectivity index (χ1) is 8.15. The van der Waals surface area contributed by atoms with Gasteiger partial charge in [0.2, 0.25) is 0 Å². The van der Waals surface area contributed by atoms with Crippen molar-refractivity contribution in [3.05, 3.63) is 29.1 Å². The lowest BCUT2D eigenvalue weighted by atomic mass is 10.1. The molecule has 98 valence electrons. The summed E-state index contributed by atoms with van der Waals surface area (Å²) in [6.07, 6.45) is 0. The molecule has 7 heteroatoms. The zero-order chi connectivity index (χ0) is 12.4. The Morgan fingerprint density at radius 2 is 1.78 bits per heavy atom. The molecular formula is C11H11ClF3N3. The van der Waals surface area contributed by atoms with E-state index in [1.165, 1.54) is 0 Å². The molecule has 1 fully saturated rings. The summed E-state index contributed by atoms with van der Waals surface area (Å²) in [6, 6.07) is 2.46. The normalized spacial score (nSPS) is 14.9. The van der Waals surface area contributed by atoms with Crippen molar-refractivity contribution in [2.75, 3.05) is 31.1 Å². The molecule has 0 bridgehead atoms. The molecule has 1 saturated heterocycles. The molecule has 1 aliphatic rings. The fourth-order valence-corrected chi connectivity index (χ4v) is 1.84. The molecular weight excluding hydrogens is 267 g/mol. The third-order valence-electron chi connectivity index (χ3n) is 2.71. The van der Waals surface area contributed by atoms with Crippen LogP contribution in [0.5, 0.6) is 0 Å². The maximum atomic E-state index is 13.4. The molecule has 18 heavy (non-hydrogen) atoms. The molecule has 3 nitrogen and oxygen atoms in total. The molecule has 0 atom stereocenters. The number of benzene rings is 1. The van der Waals surface area contributed by atoms with Gasteiger partial charge >= 0.3 is 0 Å². The maximum Gasteiger partial charge on any atom is 0.195 e. The second kappa shape index (κ2) is 5.94. The van der Waals surface area contributed by atoms with Gasteiger partial charge in [-0.1, -0.05) is 0 Å². The van der Waals surface area contributed by atoms with Crippen LogP contribution in [0.1, 0.15) is 5.56 Å². The number of nitrogens with zero attached hydrogens (tertiary/aromatic N) is 2. The van der Waals surface area contributed by atoms with Gasteiger partial charge in [-0.25, -0.2) is 13.2 Å². The van der Waals surface area contributed by atoms with Crippen molar-refractivity contribution in [2.45, 2.75) is 0 Å². The van der Waals surface area contributed by atoms with Crippen LogP contribution in [0.15, 0.2) is 6.07 Å². The lowest BCUT2D eigenvalue weighted by molar-refractivity contribution is 0.444. The Morgan fingerprint density at radius 1 is 1.17 bits per heavy atom. The van der Waals surface area contributed by atoms with Crippen molar-refractivity contribution in [1.29, 1.82) is 5.26 Å². The minimum Gasteiger partial charge on any atom is -0.368 e. The zero-order valence-corrected chi connectivity index (χ0v) is 10.2. The van der Waals surface area contributed by atoms with Crippen LogP contribution < -0.4 is 10.2 Å². The van der Waals surface area contributed by atoms with E-state index in [1.54, 1.807) is 11.0 Å². The van der Waals surface area contributed by atoms with Gasteiger partial charge in [-0.05, 0) is 0 Å². The van der Waals surface area contributed by atoms with Crippen LogP contribution in [0.25, 0.3) is 0 Å². The zero-order valence-electron chi connectivity index (χ0n) is 9.34. The monoisotopic (exact) mass is 277 g/mol. The van der Waals surface area contributed by atoms with E-state index in [9.17, 15) is 13.2 Å². The second-order valence-electron chi connectivity index (χ2n) is 3.73. The number of anilines is 1. The number of nitriles is 1. The SMILES string of the molecule is Cl.N#Cc1c(N2CCNCC2)cc(F)c(F)c1F.